The van der Waals surface area contributed by atoms with Gasteiger partial charge in [0, 0.05) is 13.1 Å². The van der Waals surface area contributed by atoms with E-state index in [1.54, 1.807) is 0 Å². The summed E-state index contributed by atoms with van der Waals surface area (Å²) in [7, 11) is 0. The zero-order valence-corrected chi connectivity index (χ0v) is 14.8. The van der Waals surface area contributed by atoms with Crippen molar-refractivity contribution in [1.29, 1.82) is 0 Å². The van der Waals surface area contributed by atoms with E-state index in [2.05, 4.69) is 53.1 Å². The number of hydrogen-bond acceptors (Lipinski definition) is 5. The Morgan fingerprint density at radius 3 is 2.54 bits per heavy atom. The minimum Gasteiger partial charge on any atom is -0.492 e. The smallest absolute Gasteiger partial charge is 0.230 e. The van der Waals surface area contributed by atoms with Crippen molar-refractivity contribution in [3.63, 3.8) is 0 Å². The van der Waals surface area contributed by atoms with Gasteiger partial charge in [-0.2, -0.15) is 9.61 Å². The van der Waals surface area contributed by atoms with E-state index in [-0.39, 0.29) is 11.9 Å². The van der Waals surface area contributed by atoms with Crippen LogP contribution in [0.1, 0.15) is 36.8 Å². The van der Waals surface area contributed by atoms with E-state index in [4.69, 9.17) is 0 Å². The molecule has 1 aliphatic heterocycles. The Balaban J connectivity index is 1.81. The van der Waals surface area contributed by atoms with Crippen molar-refractivity contribution in [3.8, 4) is 5.88 Å². The van der Waals surface area contributed by atoms with Crippen LogP contribution in [0.3, 0.4) is 0 Å². The van der Waals surface area contributed by atoms with E-state index in [0.717, 1.165) is 22.9 Å². The lowest BCUT2D eigenvalue weighted by molar-refractivity contribution is 0.112. The quantitative estimate of drug-likeness (QED) is 0.791. The van der Waals surface area contributed by atoms with E-state index >= 15 is 0 Å². The van der Waals surface area contributed by atoms with Gasteiger partial charge in [-0.15, -0.1) is 0 Å². The molecule has 0 radical (unpaired) electrons. The molecule has 0 amide bonds. The maximum Gasteiger partial charge on any atom is 0.230 e. The number of fused-ring (bicyclic) bond motifs is 1. The second kappa shape index (κ2) is 6.18. The molecule has 1 fully saturated rings. The molecule has 1 aliphatic rings. The molecule has 24 heavy (non-hydrogen) atoms. The van der Waals surface area contributed by atoms with Crippen molar-refractivity contribution in [2.45, 2.75) is 26.3 Å². The van der Waals surface area contributed by atoms with Crippen molar-refractivity contribution in [2.75, 3.05) is 13.1 Å². The number of thiazole rings is 1. The third-order valence-corrected chi connectivity index (χ3v) is 5.85. The Morgan fingerprint density at radius 2 is 1.88 bits per heavy atom. The molecular weight excluding hydrogens is 320 g/mol. The normalized spacial score (nSPS) is 23.6. The highest BCUT2D eigenvalue weighted by molar-refractivity contribution is 7.17. The highest BCUT2D eigenvalue weighted by Gasteiger charge is 2.33. The first-order chi connectivity index (χ1) is 11.6. The Labute approximate surface area is 145 Å². The van der Waals surface area contributed by atoms with Crippen molar-refractivity contribution < 1.29 is 5.11 Å². The molecule has 126 valence electrons. The first kappa shape index (κ1) is 15.6. The number of benzene rings is 1. The summed E-state index contributed by atoms with van der Waals surface area (Å²) < 4.78 is 1.53. The van der Waals surface area contributed by atoms with Crippen LogP contribution in [0.15, 0.2) is 36.7 Å². The molecule has 0 unspecified atom stereocenters. The van der Waals surface area contributed by atoms with Crippen LogP contribution in [-0.4, -0.2) is 37.7 Å². The average Bonchev–Trinajstić information content (AvgIpc) is 3.12. The molecule has 1 aromatic carbocycles. The summed E-state index contributed by atoms with van der Waals surface area (Å²) in [5.41, 5.74) is 1.21. The molecule has 3 atom stereocenters. The Kier molecular flexibility index (Phi) is 4.02. The lowest BCUT2D eigenvalue weighted by Crippen LogP contribution is -2.41. The molecule has 0 saturated carbocycles. The zero-order valence-electron chi connectivity index (χ0n) is 14.0. The summed E-state index contributed by atoms with van der Waals surface area (Å²) in [6.07, 6.45) is 2.75. The summed E-state index contributed by atoms with van der Waals surface area (Å²) in [4.78, 5) is 8.41. The fourth-order valence-corrected chi connectivity index (χ4v) is 5.05. The molecule has 4 rings (SSSR count). The van der Waals surface area contributed by atoms with Crippen molar-refractivity contribution in [1.82, 2.24) is 19.5 Å². The fraction of sp³-hybridized carbons (Fsp3) is 0.444. The molecule has 0 aliphatic carbocycles. The van der Waals surface area contributed by atoms with Gasteiger partial charge in [-0.1, -0.05) is 55.5 Å². The van der Waals surface area contributed by atoms with Gasteiger partial charge >= 0.3 is 0 Å². The van der Waals surface area contributed by atoms with Gasteiger partial charge in [0.15, 0.2) is 0 Å². The van der Waals surface area contributed by atoms with Crippen LogP contribution in [0, 0.1) is 11.8 Å². The highest BCUT2D eigenvalue weighted by Crippen LogP contribution is 2.41. The molecule has 0 spiro atoms. The summed E-state index contributed by atoms with van der Waals surface area (Å²) >= 11 is 1.53. The molecule has 1 N–H and O–H groups in total. The summed E-state index contributed by atoms with van der Waals surface area (Å²) in [5.74, 6) is 1.53. The predicted octanol–water partition coefficient (Wildman–Crippen LogP) is 3.56. The van der Waals surface area contributed by atoms with E-state index in [0.29, 0.717) is 11.8 Å². The van der Waals surface area contributed by atoms with E-state index < -0.39 is 0 Å². The monoisotopic (exact) mass is 342 g/mol. The lowest BCUT2D eigenvalue weighted by atomic mass is 9.89. The second-order valence-corrected chi connectivity index (χ2v) is 7.97. The molecule has 3 heterocycles. The number of aromatic hydroxyl groups is 1. The maximum absolute atomic E-state index is 10.7. The van der Waals surface area contributed by atoms with Crippen LogP contribution >= 0.6 is 11.3 Å². The number of likely N-dealkylation sites (tertiary alicyclic amines) is 1. The van der Waals surface area contributed by atoms with Gasteiger partial charge < -0.3 is 5.11 Å². The predicted molar refractivity (Wildman–Crippen MR) is 95.3 cm³/mol. The van der Waals surface area contributed by atoms with Crippen LogP contribution in [0.2, 0.25) is 0 Å². The maximum atomic E-state index is 10.7. The van der Waals surface area contributed by atoms with Gasteiger partial charge in [-0.25, -0.2) is 4.98 Å². The topological polar surface area (TPSA) is 53.7 Å². The first-order valence-corrected chi connectivity index (χ1v) is 9.25. The first-order valence-electron chi connectivity index (χ1n) is 8.44. The highest BCUT2D eigenvalue weighted by atomic mass is 32.1. The Hall–Kier alpha value is -1.92. The largest absolute Gasteiger partial charge is 0.492 e. The van der Waals surface area contributed by atoms with Gasteiger partial charge in [-0.05, 0) is 23.8 Å². The molecule has 5 nitrogen and oxygen atoms in total. The number of nitrogens with zero attached hydrogens (tertiary/aromatic N) is 4. The Bertz CT molecular complexity index is 818. The number of aromatic nitrogens is 3. The van der Waals surface area contributed by atoms with Crippen LogP contribution in [0.4, 0.5) is 0 Å². The summed E-state index contributed by atoms with van der Waals surface area (Å²) in [6.45, 7) is 6.70. The minimum atomic E-state index is 0.0462. The van der Waals surface area contributed by atoms with Crippen LogP contribution in [0.5, 0.6) is 5.88 Å². The lowest BCUT2D eigenvalue weighted by Gasteiger charge is -2.40. The third-order valence-electron chi connectivity index (χ3n) is 4.76. The fourth-order valence-electron chi connectivity index (χ4n) is 3.96. The average molecular weight is 342 g/mol. The van der Waals surface area contributed by atoms with Crippen LogP contribution in [0.25, 0.3) is 4.96 Å². The molecule has 3 aromatic rings. The van der Waals surface area contributed by atoms with Crippen molar-refractivity contribution >= 4 is 16.3 Å². The van der Waals surface area contributed by atoms with Crippen molar-refractivity contribution in [2.24, 2.45) is 11.8 Å². The van der Waals surface area contributed by atoms with Gasteiger partial charge in [0.05, 0.1) is 10.9 Å². The van der Waals surface area contributed by atoms with E-state index in [1.807, 2.05) is 6.07 Å². The number of hydrogen-bond donors (Lipinski definition) is 1. The van der Waals surface area contributed by atoms with Gasteiger partial charge in [0.2, 0.25) is 10.8 Å². The van der Waals surface area contributed by atoms with Gasteiger partial charge in [-0.3, -0.25) is 4.90 Å². The van der Waals surface area contributed by atoms with E-state index in [1.165, 1.54) is 34.2 Å². The SMILES string of the molecule is C[C@H]1C[C@H](C)CN([C@@H](c2ccccc2)c2sc3ncnn3c2O)C1. The molecule has 1 saturated heterocycles. The minimum absolute atomic E-state index is 0.0462. The van der Waals surface area contributed by atoms with Gasteiger partial charge in [0.1, 0.15) is 6.33 Å². The van der Waals surface area contributed by atoms with E-state index in [9.17, 15) is 5.11 Å². The van der Waals surface area contributed by atoms with Gasteiger partial charge in [0.25, 0.3) is 0 Å². The van der Waals surface area contributed by atoms with Crippen LogP contribution in [-0.2, 0) is 0 Å². The van der Waals surface area contributed by atoms with Crippen molar-refractivity contribution in [3.05, 3.63) is 47.1 Å². The zero-order chi connectivity index (χ0) is 16.7. The second-order valence-electron chi connectivity index (χ2n) is 6.96. The van der Waals surface area contributed by atoms with Crippen LogP contribution < -0.4 is 0 Å². The molecule has 0 bridgehead atoms. The third kappa shape index (κ3) is 2.70. The molecular formula is C18H22N4OS. The summed E-state index contributed by atoms with van der Waals surface area (Å²) in [6, 6.07) is 10.5. The standard InChI is InChI=1S/C18H22N4OS/c1-12-8-13(2)10-21(9-12)15(14-6-4-3-5-7-14)16-17(23)22-18(24-16)19-11-20-22/h3-7,11-13,15,23H,8-10H2,1-2H3/t12-,13-,15-/m0/s1. The molecule has 6 heteroatoms. The number of piperidine rings is 1. The summed E-state index contributed by atoms with van der Waals surface area (Å²) in [5, 5.41) is 14.9. The number of rotatable bonds is 3. The Morgan fingerprint density at radius 1 is 1.17 bits per heavy atom. The molecule has 2 aromatic heterocycles.